The summed E-state index contributed by atoms with van der Waals surface area (Å²) in [6.07, 6.45) is 2.43. The number of hydrogen-bond donors (Lipinski definition) is 2. The van der Waals surface area contributed by atoms with Crippen molar-refractivity contribution in [1.29, 1.82) is 5.26 Å². The van der Waals surface area contributed by atoms with E-state index in [2.05, 4.69) is 9.88 Å². The number of nitrogens with one attached hydrogen (secondary N) is 2. The van der Waals surface area contributed by atoms with E-state index in [1.54, 1.807) is 0 Å². The highest BCUT2D eigenvalue weighted by Gasteiger charge is 2.23. The molecule has 9 nitrogen and oxygen atoms in total. The molecule has 1 aliphatic rings. The molecule has 29 heavy (non-hydrogen) atoms. The van der Waals surface area contributed by atoms with Crippen molar-refractivity contribution in [3.63, 3.8) is 0 Å². The van der Waals surface area contributed by atoms with Crippen LogP contribution < -0.4 is 10.6 Å². The molecule has 3 amide bonds. The van der Waals surface area contributed by atoms with Crippen molar-refractivity contribution in [2.45, 2.75) is 52.4 Å². The number of amides is 3. The Balaban J connectivity index is 2.12. The summed E-state index contributed by atoms with van der Waals surface area (Å²) in [5.41, 5.74) is 2.38. The van der Waals surface area contributed by atoms with Gasteiger partial charge in [0.1, 0.15) is 11.6 Å². The van der Waals surface area contributed by atoms with Crippen LogP contribution in [0.2, 0.25) is 0 Å². The smallest absolute Gasteiger partial charge is 0.349 e. The van der Waals surface area contributed by atoms with Gasteiger partial charge in [-0.15, -0.1) is 0 Å². The van der Waals surface area contributed by atoms with E-state index in [4.69, 9.17) is 9.47 Å². The van der Waals surface area contributed by atoms with Gasteiger partial charge in [0.2, 0.25) is 0 Å². The second-order valence-corrected chi connectivity index (χ2v) is 6.86. The molecule has 1 aliphatic heterocycles. The summed E-state index contributed by atoms with van der Waals surface area (Å²) >= 11 is 0. The second kappa shape index (κ2) is 9.89. The molecule has 9 heteroatoms. The molecule has 2 N–H and O–H groups in total. The maximum Gasteiger partial charge on any atom is 0.349 e. The Morgan fingerprint density at radius 3 is 2.76 bits per heavy atom. The summed E-state index contributed by atoms with van der Waals surface area (Å²) in [5, 5.41) is 13.6. The Labute approximate surface area is 169 Å². The standard InChI is InChI=1S/C20H26N4O5/c1-12-8-15(13(2)24(12)11-17-6-5-7-28-17)9-16(10-21)19(26)29-14(3)18(25)23-20(27)22-4/h8-9,14,17H,5-7,11H2,1-4H3,(H2,22,23,25,27)/b16-9+/t14-,17+/m1/s1. The third-order valence-corrected chi connectivity index (χ3v) is 4.78. The topological polar surface area (TPSA) is 122 Å². The molecule has 0 aromatic carbocycles. The molecule has 0 bridgehead atoms. The average molecular weight is 402 g/mol. The number of carbonyl (C=O) groups is 3. The minimum atomic E-state index is -1.23. The SMILES string of the molecule is CNC(=O)NC(=O)[C@@H](C)OC(=O)/C(C#N)=C/c1cc(C)n(C[C@@H]2CCCO2)c1C. The van der Waals surface area contributed by atoms with E-state index in [0.29, 0.717) is 6.54 Å². The van der Waals surface area contributed by atoms with Gasteiger partial charge in [-0.25, -0.2) is 9.59 Å². The summed E-state index contributed by atoms with van der Waals surface area (Å²) in [4.78, 5) is 35.3. The molecule has 0 saturated carbocycles. The lowest BCUT2D eigenvalue weighted by Gasteiger charge is -2.14. The van der Waals surface area contributed by atoms with Crippen LogP contribution in [0, 0.1) is 25.2 Å². The van der Waals surface area contributed by atoms with Crippen LogP contribution in [0.5, 0.6) is 0 Å². The van der Waals surface area contributed by atoms with Crippen molar-refractivity contribution in [2.24, 2.45) is 0 Å². The zero-order valence-electron chi connectivity index (χ0n) is 17.1. The van der Waals surface area contributed by atoms with E-state index in [-0.39, 0.29) is 11.7 Å². The fourth-order valence-electron chi connectivity index (χ4n) is 3.09. The minimum absolute atomic E-state index is 0.164. The van der Waals surface area contributed by atoms with Gasteiger partial charge in [0.05, 0.1) is 6.10 Å². The number of hydrogen-bond acceptors (Lipinski definition) is 6. The summed E-state index contributed by atoms with van der Waals surface area (Å²) in [7, 11) is 1.35. The van der Waals surface area contributed by atoms with Crippen LogP contribution in [0.25, 0.3) is 6.08 Å². The van der Waals surface area contributed by atoms with Gasteiger partial charge in [-0.2, -0.15) is 5.26 Å². The van der Waals surface area contributed by atoms with Gasteiger partial charge in [-0.05, 0) is 51.3 Å². The van der Waals surface area contributed by atoms with E-state index in [1.807, 2.05) is 31.3 Å². The number of esters is 1. The maximum atomic E-state index is 12.3. The molecule has 156 valence electrons. The first kappa shape index (κ1) is 22.2. The first-order chi connectivity index (χ1) is 13.8. The van der Waals surface area contributed by atoms with Gasteiger partial charge >= 0.3 is 12.0 Å². The van der Waals surface area contributed by atoms with Gasteiger partial charge < -0.3 is 19.4 Å². The molecular formula is C20H26N4O5. The number of imide groups is 1. The first-order valence-corrected chi connectivity index (χ1v) is 9.40. The van der Waals surface area contributed by atoms with Crippen LogP contribution in [0.3, 0.4) is 0 Å². The molecule has 1 aromatic rings. The Morgan fingerprint density at radius 1 is 1.45 bits per heavy atom. The summed E-state index contributed by atoms with van der Waals surface area (Å²) < 4.78 is 12.8. The van der Waals surface area contributed by atoms with Gasteiger partial charge in [0.15, 0.2) is 6.10 Å². The molecule has 1 saturated heterocycles. The van der Waals surface area contributed by atoms with Crippen LogP contribution in [0.1, 0.15) is 36.7 Å². The number of ether oxygens (including phenoxy) is 2. The van der Waals surface area contributed by atoms with Crippen LogP contribution in [0.4, 0.5) is 4.79 Å². The number of aromatic nitrogens is 1. The molecule has 2 heterocycles. The lowest BCUT2D eigenvalue weighted by molar-refractivity contribution is -0.150. The fraction of sp³-hybridized carbons (Fsp3) is 0.500. The number of carbonyl (C=O) groups excluding carboxylic acids is 3. The molecule has 1 aromatic heterocycles. The maximum absolute atomic E-state index is 12.3. The highest BCUT2D eigenvalue weighted by atomic mass is 16.5. The highest BCUT2D eigenvalue weighted by molar-refractivity contribution is 6.01. The van der Waals surface area contributed by atoms with Crippen molar-refractivity contribution in [3.05, 3.63) is 28.6 Å². The largest absolute Gasteiger partial charge is 0.448 e. The van der Waals surface area contributed by atoms with E-state index in [9.17, 15) is 19.6 Å². The molecule has 0 aliphatic carbocycles. The monoisotopic (exact) mass is 402 g/mol. The van der Waals surface area contributed by atoms with Gasteiger partial charge in [0, 0.05) is 31.6 Å². The quantitative estimate of drug-likeness (QED) is 0.423. The Morgan fingerprint density at radius 2 is 2.17 bits per heavy atom. The lowest BCUT2D eigenvalue weighted by Crippen LogP contribution is -2.43. The van der Waals surface area contributed by atoms with Crippen molar-refractivity contribution in [3.8, 4) is 6.07 Å². The number of nitriles is 1. The molecule has 0 spiro atoms. The normalized spacial score (nSPS) is 17.3. The van der Waals surface area contributed by atoms with Crippen LogP contribution in [-0.4, -0.2) is 48.3 Å². The Hall–Kier alpha value is -3.12. The second-order valence-electron chi connectivity index (χ2n) is 6.86. The third kappa shape index (κ3) is 5.68. The van der Waals surface area contributed by atoms with E-state index in [1.165, 1.54) is 20.0 Å². The Kier molecular flexibility index (Phi) is 7.56. The zero-order valence-corrected chi connectivity index (χ0v) is 17.1. The summed E-state index contributed by atoms with van der Waals surface area (Å²) in [6.45, 7) is 6.67. The molecule has 1 fully saturated rings. The van der Waals surface area contributed by atoms with Crippen LogP contribution in [0.15, 0.2) is 11.6 Å². The first-order valence-electron chi connectivity index (χ1n) is 9.40. The van der Waals surface area contributed by atoms with Crippen LogP contribution in [-0.2, 0) is 25.6 Å². The average Bonchev–Trinajstić information content (AvgIpc) is 3.29. The van der Waals surface area contributed by atoms with Gasteiger partial charge in [0.25, 0.3) is 5.91 Å². The molecule has 2 atom stereocenters. The predicted molar refractivity (Wildman–Crippen MR) is 105 cm³/mol. The van der Waals surface area contributed by atoms with Gasteiger partial charge in [-0.1, -0.05) is 0 Å². The molecule has 2 rings (SSSR count). The van der Waals surface area contributed by atoms with Gasteiger partial charge in [-0.3, -0.25) is 10.1 Å². The predicted octanol–water partition coefficient (Wildman–Crippen LogP) is 1.58. The number of nitrogens with zero attached hydrogens (tertiary/aromatic N) is 2. The number of aryl methyl sites for hydroxylation is 1. The third-order valence-electron chi connectivity index (χ3n) is 4.78. The van der Waals surface area contributed by atoms with Crippen molar-refractivity contribution in [2.75, 3.05) is 13.7 Å². The summed E-state index contributed by atoms with van der Waals surface area (Å²) in [6, 6.07) is 2.99. The Bertz CT molecular complexity index is 859. The molecular weight excluding hydrogens is 376 g/mol. The lowest BCUT2D eigenvalue weighted by atomic mass is 10.1. The fourth-order valence-corrected chi connectivity index (χ4v) is 3.09. The number of rotatable bonds is 6. The van der Waals surface area contributed by atoms with E-state index >= 15 is 0 Å². The highest BCUT2D eigenvalue weighted by Crippen LogP contribution is 2.22. The number of urea groups is 1. The van der Waals surface area contributed by atoms with E-state index in [0.717, 1.165) is 36.4 Å². The molecule has 0 unspecified atom stereocenters. The van der Waals surface area contributed by atoms with Crippen molar-refractivity contribution < 1.29 is 23.9 Å². The minimum Gasteiger partial charge on any atom is -0.448 e. The molecule has 0 radical (unpaired) electrons. The van der Waals surface area contributed by atoms with Crippen LogP contribution >= 0.6 is 0 Å². The zero-order chi connectivity index (χ0) is 21.6. The summed E-state index contributed by atoms with van der Waals surface area (Å²) in [5.74, 6) is -1.72. The van der Waals surface area contributed by atoms with Crippen molar-refractivity contribution >= 4 is 24.0 Å². The van der Waals surface area contributed by atoms with Crippen molar-refractivity contribution in [1.82, 2.24) is 15.2 Å². The van der Waals surface area contributed by atoms with E-state index < -0.39 is 24.0 Å².